The van der Waals surface area contributed by atoms with Crippen LogP contribution < -0.4 is 9.64 Å². The van der Waals surface area contributed by atoms with Crippen LogP contribution in [-0.2, 0) is 0 Å². The highest BCUT2D eigenvalue weighted by Crippen LogP contribution is 2.29. The van der Waals surface area contributed by atoms with E-state index in [-0.39, 0.29) is 5.91 Å². The van der Waals surface area contributed by atoms with E-state index in [4.69, 9.17) is 4.74 Å². The second kappa shape index (κ2) is 7.84. The number of para-hydroxylation sites is 2. The quantitative estimate of drug-likeness (QED) is 0.720. The van der Waals surface area contributed by atoms with E-state index in [2.05, 4.69) is 13.2 Å². The Kier molecular flexibility index (Phi) is 5.55. The Balaban J connectivity index is 2.37. The first-order chi connectivity index (χ1) is 10.8. The van der Waals surface area contributed by atoms with Gasteiger partial charge in [0.1, 0.15) is 12.4 Å². The van der Waals surface area contributed by atoms with Crippen LogP contribution in [0.1, 0.15) is 10.4 Å². The number of benzene rings is 2. The number of rotatable bonds is 7. The number of anilines is 1. The van der Waals surface area contributed by atoms with Crippen molar-refractivity contribution in [1.82, 2.24) is 0 Å². The van der Waals surface area contributed by atoms with E-state index < -0.39 is 0 Å². The first-order valence-corrected chi connectivity index (χ1v) is 7.08. The Bertz CT molecular complexity index is 649. The van der Waals surface area contributed by atoms with Gasteiger partial charge in [0.05, 0.1) is 5.69 Å². The molecule has 0 N–H and O–H groups in total. The predicted molar refractivity (Wildman–Crippen MR) is 90.4 cm³/mol. The van der Waals surface area contributed by atoms with Gasteiger partial charge in [-0.3, -0.25) is 4.79 Å². The summed E-state index contributed by atoms with van der Waals surface area (Å²) in [6.45, 7) is 8.18. The van der Waals surface area contributed by atoms with Crippen LogP contribution in [0.2, 0.25) is 0 Å². The lowest BCUT2D eigenvalue weighted by molar-refractivity contribution is 0.0989. The lowest BCUT2D eigenvalue weighted by atomic mass is 10.1. The zero-order valence-corrected chi connectivity index (χ0v) is 12.4. The van der Waals surface area contributed by atoms with E-state index in [0.29, 0.717) is 24.5 Å². The topological polar surface area (TPSA) is 29.5 Å². The highest BCUT2D eigenvalue weighted by Gasteiger charge is 2.19. The minimum absolute atomic E-state index is 0.0878. The van der Waals surface area contributed by atoms with Gasteiger partial charge in [-0.1, -0.05) is 49.1 Å². The molecule has 0 aromatic heterocycles. The van der Waals surface area contributed by atoms with Gasteiger partial charge in [0.25, 0.3) is 5.91 Å². The monoisotopic (exact) mass is 293 g/mol. The van der Waals surface area contributed by atoms with Crippen LogP contribution in [0.5, 0.6) is 5.75 Å². The van der Waals surface area contributed by atoms with Crippen molar-refractivity contribution in [2.45, 2.75) is 0 Å². The third-order valence-corrected chi connectivity index (χ3v) is 3.09. The molecule has 2 aromatic carbocycles. The molecule has 0 spiro atoms. The van der Waals surface area contributed by atoms with Gasteiger partial charge in [0.15, 0.2) is 0 Å². The molecule has 0 unspecified atom stereocenters. The van der Waals surface area contributed by atoms with Crippen LogP contribution in [0.4, 0.5) is 5.69 Å². The fourth-order valence-electron chi connectivity index (χ4n) is 2.11. The number of hydrogen-bond donors (Lipinski definition) is 0. The molecule has 112 valence electrons. The Hall–Kier alpha value is -2.81. The number of carbonyl (C=O) groups excluding carboxylic acids is 1. The van der Waals surface area contributed by atoms with Gasteiger partial charge >= 0.3 is 0 Å². The minimum atomic E-state index is -0.0878. The van der Waals surface area contributed by atoms with Crippen LogP contribution in [-0.4, -0.2) is 19.1 Å². The molecule has 0 atom stereocenters. The fourth-order valence-corrected chi connectivity index (χ4v) is 2.11. The normalized spacial score (nSPS) is 9.82. The van der Waals surface area contributed by atoms with Gasteiger partial charge in [-0.2, -0.15) is 0 Å². The van der Waals surface area contributed by atoms with Crippen molar-refractivity contribution in [3.05, 3.63) is 85.5 Å². The smallest absolute Gasteiger partial charge is 0.258 e. The molecule has 0 aliphatic heterocycles. The summed E-state index contributed by atoms with van der Waals surface area (Å²) in [5.41, 5.74) is 1.35. The molecule has 0 aliphatic carbocycles. The van der Waals surface area contributed by atoms with E-state index in [1.54, 1.807) is 29.2 Å². The van der Waals surface area contributed by atoms with Gasteiger partial charge in [-0.25, -0.2) is 0 Å². The predicted octanol–water partition coefficient (Wildman–Crippen LogP) is 4.08. The van der Waals surface area contributed by atoms with Crippen molar-refractivity contribution in [3.63, 3.8) is 0 Å². The van der Waals surface area contributed by atoms with Crippen LogP contribution >= 0.6 is 0 Å². The summed E-state index contributed by atoms with van der Waals surface area (Å²) < 4.78 is 5.65. The summed E-state index contributed by atoms with van der Waals surface area (Å²) in [6.07, 6.45) is 3.37. The Morgan fingerprint density at radius 2 is 1.68 bits per heavy atom. The molecule has 1 amide bonds. The zero-order valence-electron chi connectivity index (χ0n) is 12.4. The minimum Gasteiger partial charge on any atom is -0.487 e. The van der Waals surface area contributed by atoms with E-state index in [1.807, 2.05) is 42.5 Å². The van der Waals surface area contributed by atoms with Gasteiger partial charge in [0.2, 0.25) is 0 Å². The van der Waals surface area contributed by atoms with Crippen molar-refractivity contribution in [2.75, 3.05) is 18.1 Å². The fraction of sp³-hybridized carbons (Fsp3) is 0.105. The summed E-state index contributed by atoms with van der Waals surface area (Å²) in [7, 11) is 0. The number of hydrogen-bond acceptors (Lipinski definition) is 2. The molecule has 2 aromatic rings. The average Bonchev–Trinajstić information content (AvgIpc) is 2.58. The molecule has 22 heavy (non-hydrogen) atoms. The summed E-state index contributed by atoms with van der Waals surface area (Å²) in [5.74, 6) is 0.559. The van der Waals surface area contributed by atoms with Crippen LogP contribution in [0, 0.1) is 0 Å². The van der Waals surface area contributed by atoms with E-state index >= 15 is 0 Å². The third-order valence-electron chi connectivity index (χ3n) is 3.09. The third kappa shape index (κ3) is 3.64. The number of ether oxygens (including phenoxy) is 1. The Morgan fingerprint density at radius 1 is 1.00 bits per heavy atom. The average molecular weight is 293 g/mol. The maximum Gasteiger partial charge on any atom is 0.258 e. The lowest BCUT2D eigenvalue weighted by Crippen LogP contribution is -2.31. The largest absolute Gasteiger partial charge is 0.487 e. The number of carbonyl (C=O) groups is 1. The molecule has 0 saturated carbocycles. The zero-order chi connectivity index (χ0) is 15.8. The van der Waals surface area contributed by atoms with Gasteiger partial charge in [-0.05, 0) is 24.3 Å². The molecule has 0 saturated heterocycles. The van der Waals surface area contributed by atoms with Crippen LogP contribution in [0.25, 0.3) is 0 Å². The van der Waals surface area contributed by atoms with Gasteiger partial charge in [-0.15, -0.1) is 6.58 Å². The van der Waals surface area contributed by atoms with E-state index in [0.717, 1.165) is 5.69 Å². The second-order valence-electron chi connectivity index (χ2n) is 4.64. The summed E-state index contributed by atoms with van der Waals surface area (Å²) >= 11 is 0. The molecular formula is C19H19NO2. The second-order valence-corrected chi connectivity index (χ2v) is 4.64. The number of nitrogens with zero attached hydrogens (tertiary/aromatic N) is 1. The van der Waals surface area contributed by atoms with Crippen molar-refractivity contribution < 1.29 is 9.53 Å². The Labute approximate surface area is 131 Å². The first-order valence-electron chi connectivity index (χ1n) is 7.08. The van der Waals surface area contributed by atoms with Crippen molar-refractivity contribution in [1.29, 1.82) is 0 Å². The lowest BCUT2D eigenvalue weighted by Gasteiger charge is -2.23. The Morgan fingerprint density at radius 3 is 2.36 bits per heavy atom. The first kappa shape index (κ1) is 15.6. The van der Waals surface area contributed by atoms with Gasteiger partial charge in [0, 0.05) is 12.1 Å². The van der Waals surface area contributed by atoms with Crippen molar-refractivity contribution >= 4 is 11.6 Å². The molecule has 0 fully saturated rings. The molecule has 0 bridgehead atoms. The van der Waals surface area contributed by atoms with Crippen LogP contribution in [0.3, 0.4) is 0 Å². The molecule has 3 heteroatoms. The van der Waals surface area contributed by atoms with E-state index in [9.17, 15) is 4.79 Å². The highest BCUT2D eigenvalue weighted by molar-refractivity contribution is 6.07. The molecular weight excluding hydrogens is 274 g/mol. The standard InChI is InChI=1S/C19H19NO2/c1-3-14-20(19(21)16-10-6-5-7-11-16)17-12-8-9-13-18(17)22-15-4-2/h3-13H,1-2,14-15H2. The summed E-state index contributed by atoms with van der Waals surface area (Å²) in [4.78, 5) is 14.4. The highest BCUT2D eigenvalue weighted by atomic mass is 16.5. The van der Waals surface area contributed by atoms with E-state index in [1.165, 1.54) is 0 Å². The molecule has 2 rings (SSSR count). The molecule has 0 heterocycles. The molecule has 3 nitrogen and oxygen atoms in total. The van der Waals surface area contributed by atoms with Crippen LogP contribution in [0.15, 0.2) is 79.9 Å². The maximum atomic E-state index is 12.8. The van der Waals surface area contributed by atoms with Gasteiger partial charge < -0.3 is 9.64 Å². The molecule has 0 radical (unpaired) electrons. The SMILES string of the molecule is C=CCOc1ccccc1N(CC=C)C(=O)c1ccccc1. The maximum absolute atomic E-state index is 12.8. The molecule has 0 aliphatic rings. The van der Waals surface area contributed by atoms with Crippen molar-refractivity contribution in [2.24, 2.45) is 0 Å². The van der Waals surface area contributed by atoms with Crippen molar-refractivity contribution in [3.8, 4) is 5.75 Å². The summed E-state index contributed by atoms with van der Waals surface area (Å²) in [6, 6.07) is 16.6. The number of amides is 1. The summed E-state index contributed by atoms with van der Waals surface area (Å²) in [5, 5.41) is 0.